The van der Waals surface area contributed by atoms with Crippen molar-refractivity contribution >= 4 is 34.3 Å². The third kappa shape index (κ3) is 4.43. The number of aliphatic carboxylic acids is 1. The minimum atomic E-state index is -0.804. The zero-order valence-electron chi connectivity index (χ0n) is 15.6. The van der Waals surface area contributed by atoms with E-state index >= 15 is 0 Å². The summed E-state index contributed by atoms with van der Waals surface area (Å²) < 4.78 is 5.24. The summed E-state index contributed by atoms with van der Waals surface area (Å²) in [7, 11) is 0. The highest BCUT2D eigenvalue weighted by Gasteiger charge is 2.30. The SMILES string of the molecule is CCOC(=O)c1c(NC(=O)N2CCC(C(=O)O)CC2)sc2c1CCCCC2. The van der Waals surface area contributed by atoms with Crippen LogP contribution in [0, 0.1) is 5.92 Å². The zero-order chi connectivity index (χ0) is 19.4. The summed E-state index contributed by atoms with van der Waals surface area (Å²) in [5.41, 5.74) is 1.53. The minimum absolute atomic E-state index is 0.277. The van der Waals surface area contributed by atoms with Crippen LogP contribution < -0.4 is 5.32 Å². The number of carboxylic acids is 1. The average molecular weight is 394 g/mol. The van der Waals surface area contributed by atoms with Crippen molar-refractivity contribution in [1.29, 1.82) is 0 Å². The Morgan fingerprint density at radius 1 is 1.19 bits per heavy atom. The number of carbonyl (C=O) groups excluding carboxylic acids is 2. The number of carbonyl (C=O) groups is 3. The Bertz CT molecular complexity index is 722. The molecule has 0 saturated carbocycles. The Kier molecular flexibility index (Phi) is 6.36. The summed E-state index contributed by atoms with van der Waals surface area (Å²) >= 11 is 1.47. The molecule has 2 aliphatic rings. The Morgan fingerprint density at radius 2 is 1.89 bits per heavy atom. The van der Waals surface area contributed by atoms with Crippen molar-refractivity contribution in [3.05, 3.63) is 16.0 Å². The molecule has 2 N–H and O–H groups in total. The van der Waals surface area contributed by atoms with Crippen molar-refractivity contribution in [2.45, 2.75) is 51.9 Å². The number of rotatable bonds is 4. The number of ether oxygens (including phenoxy) is 1. The first-order valence-electron chi connectivity index (χ1n) is 9.61. The fourth-order valence-corrected chi connectivity index (χ4v) is 5.02. The first-order chi connectivity index (χ1) is 13.0. The van der Waals surface area contributed by atoms with Gasteiger partial charge in [0.05, 0.1) is 18.1 Å². The van der Waals surface area contributed by atoms with E-state index < -0.39 is 5.97 Å². The number of likely N-dealkylation sites (tertiary alicyclic amines) is 1. The van der Waals surface area contributed by atoms with Crippen LogP contribution in [0.15, 0.2) is 0 Å². The smallest absolute Gasteiger partial charge is 0.341 e. The molecule has 1 aromatic rings. The molecular formula is C19H26N2O5S. The molecule has 1 aliphatic carbocycles. The number of aryl methyl sites for hydroxylation is 1. The van der Waals surface area contributed by atoms with Crippen LogP contribution in [0.2, 0.25) is 0 Å². The van der Waals surface area contributed by atoms with Gasteiger partial charge in [0.15, 0.2) is 0 Å². The summed E-state index contributed by atoms with van der Waals surface area (Å²) in [5, 5.41) is 12.6. The number of urea groups is 1. The lowest BCUT2D eigenvalue weighted by Gasteiger charge is -2.30. The van der Waals surface area contributed by atoms with Crippen molar-refractivity contribution in [2.24, 2.45) is 5.92 Å². The van der Waals surface area contributed by atoms with Crippen molar-refractivity contribution < 1.29 is 24.2 Å². The van der Waals surface area contributed by atoms with Crippen LogP contribution in [0.25, 0.3) is 0 Å². The lowest BCUT2D eigenvalue weighted by Crippen LogP contribution is -2.42. The summed E-state index contributed by atoms with van der Waals surface area (Å²) in [6.45, 7) is 2.87. The monoisotopic (exact) mass is 394 g/mol. The highest BCUT2D eigenvalue weighted by molar-refractivity contribution is 7.17. The number of esters is 1. The Labute approximate surface area is 162 Å². The predicted octanol–water partition coefficient (Wildman–Crippen LogP) is 3.52. The number of hydrogen-bond donors (Lipinski definition) is 2. The number of nitrogens with one attached hydrogen (secondary N) is 1. The lowest BCUT2D eigenvalue weighted by molar-refractivity contribution is -0.143. The molecule has 0 spiro atoms. The van der Waals surface area contributed by atoms with E-state index in [9.17, 15) is 14.4 Å². The third-order valence-corrected chi connectivity index (χ3v) is 6.46. The molecule has 3 rings (SSSR count). The van der Waals surface area contributed by atoms with Gasteiger partial charge in [0.2, 0.25) is 0 Å². The largest absolute Gasteiger partial charge is 0.481 e. The van der Waals surface area contributed by atoms with E-state index in [1.807, 2.05) is 0 Å². The number of carboxylic acid groups (broad SMARTS) is 1. The quantitative estimate of drug-likeness (QED) is 0.602. The molecule has 8 heteroatoms. The maximum Gasteiger partial charge on any atom is 0.341 e. The molecule has 0 radical (unpaired) electrons. The van der Waals surface area contributed by atoms with Gasteiger partial charge >= 0.3 is 18.0 Å². The molecule has 1 aromatic heterocycles. The molecule has 1 saturated heterocycles. The molecule has 0 atom stereocenters. The summed E-state index contributed by atoms with van der Waals surface area (Å²) in [4.78, 5) is 39.1. The third-order valence-electron chi connectivity index (χ3n) is 5.25. The second kappa shape index (κ2) is 8.73. The minimum Gasteiger partial charge on any atom is -0.481 e. The van der Waals surface area contributed by atoms with Crippen molar-refractivity contribution in [3.63, 3.8) is 0 Å². The van der Waals surface area contributed by atoms with Crippen LogP contribution >= 0.6 is 11.3 Å². The van der Waals surface area contributed by atoms with Crippen LogP contribution in [-0.4, -0.2) is 47.7 Å². The van der Waals surface area contributed by atoms with Crippen LogP contribution in [0.4, 0.5) is 9.80 Å². The standard InChI is InChI=1S/C19H26N2O5S/c1-2-26-18(24)15-13-6-4-3-5-7-14(13)27-16(15)20-19(25)21-10-8-12(9-11-21)17(22)23/h12H,2-11H2,1H3,(H,20,25)(H,22,23). The maximum atomic E-state index is 12.7. The number of piperidine rings is 1. The summed E-state index contributed by atoms with van der Waals surface area (Å²) in [6, 6.07) is -0.277. The van der Waals surface area contributed by atoms with Crippen molar-refractivity contribution in [3.8, 4) is 0 Å². The number of anilines is 1. The zero-order valence-corrected chi connectivity index (χ0v) is 16.4. The number of nitrogens with zero attached hydrogens (tertiary/aromatic N) is 1. The lowest BCUT2D eigenvalue weighted by atomic mass is 9.97. The second-order valence-corrected chi connectivity index (χ2v) is 8.12. The van der Waals surface area contributed by atoms with Crippen LogP contribution in [0.3, 0.4) is 0 Å². The highest BCUT2D eigenvalue weighted by Crippen LogP contribution is 2.38. The molecule has 2 heterocycles. The molecule has 0 aromatic carbocycles. The van der Waals surface area contributed by atoms with Gasteiger partial charge < -0.3 is 14.7 Å². The van der Waals surface area contributed by atoms with E-state index in [2.05, 4.69) is 5.32 Å². The van der Waals surface area contributed by atoms with E-state index in [-0.39, 0.29) is 17.9 Å². The van der Waals surface area contributed by atoms with Gasteiger partial charge in [-0.2, -0.15) is 0 Å². The molecule has 0 bridgehead atoms. The molecule has 1 fully saturated rings. The van der Waals surface area contributed by atoms with Crippen molar-refractivity contribution in [1.82, 2.24) is 4.90 Å². The van der Waals surface area contributed by atoms with E-state index in [4.69, 9.17) is 9.84 Å². The molecule has 7 nitrogen and oxygen atoms in total. The number of hydrogen-bond acceptors (Lipinski definition) is 5. The fourth-order valence-electron chi connectivity index (χ4n) is 3.76. The van der Waals surface area contributed by atoms with Gasteiger partial charge in [-0.3, -0.25) is 10.1 Å². The Hall–Kier alpha value is -2.09. The Morgan fingerprint density at radius 3 is 2.56 bits per heavy atom. The van der Waals surface area contributed by atoms with Gasteiger partial charge in [0.1, 0.15) is 5.00 Å². The molecule has 2 amide bonds. The predicted molar refractivity (Wildman–Crippen MR) is 102 cm³/mol. The van der Waals surface area contributed by atoms with E-state index in [1.54, 1.807) is 11.8 Å². The first kappa shape index (κ1) is 19.7. The van der Waals surface area contributed by atoms with Gasteiger partial charge in [-0.25, -0.2) is 9.59 Å². The Balaban J connectivity index is 1.77. The average Bonchev–Trinajstić information content (AvgIpc) is 2.82. The fraction of sp³-hybridized carbons (Fsp3) is 0.632. The van der Waals surface area contributed by atoms with Crippen LogP contribution in [-0.2, 0) is 22.4 Å². The molecule has 27 heavy (non-hydrogen) atoms. The number of amides is 2. The first-order valence-corrected chi connectivity index (χ1v) is 10.4. The van der Waals surface area contributed by atoms with Crippen LogP contribution in [0.1, 0.15) is 59.8 Å². The van der Waals surface area contributed by atoms with Gasteiger partial charge in [0.25, 0.3) is 0 Å². The van der Waals surface area contributed by atoms with Gasteiger partial charge in [-0.15, -0.1) is 11.3 Å². The van der Waals surface area contributed by atoms with E-state index in [0.29, 0.717) is 43.1 Å². The van der Waals surface area contributed by atoms with Gasteiger partial charge in [0, 0.05) is 18.0 Å². The second-order valence-electron chi connectivity index (χ2n) is 7.02. The van der Waals surface area contributed by atoms with E-state index in [1.165, 1.54) is 11.3 Å². The maximum absolute atomic E-state index is 12.7. The number of fused-ring (bicyclic) bond motifs is 1. The molecule has 1 aliphatic heterocycles. The normalized spacial score (nSPS) is 17.7. The van der Waals surface area contributed by atoms with E-state index in [0.717, 1.165) is 42.5 Å². The number of thiophene rings is 1. The van der Waals surface area contributed by atoms with Crippen LogP contribution in [0.5, 0.6) is 0 Å². The van der Waals surface area contributed by atoms with Crippen molar-refractivity contribution in [2.75, 3.05) is 25.0 Å². The molecule has 0 unspecified atom stereocenters. The molecular weight excluding hydrogens is 368 g/mol. The highest BCUT2D eigenvalue weighted by atomic mass is 32.1. The topological polar surface area (TPSA) is 95.9 Å². The summed E-state index contributed by atoms with van der Waals surface area (Å²) in [5.74, 6) is -1.57. The van der Waals surface area contributed by atoms with Gasteiger partial charge in [-0.05, 0) is 51.0 Å². The molecule has 148 valence electrons. The van der Waals surface area contributed by atoms with Gasteiger partial charge in [-0.1, -0.05) is 6.42 Å². The summed E-state index contributed by atoms with van der Waals surface area (Å²) in [6.07, 6.45) is 5.93.